The minimum atomic E-state index is -0.594. The van der Waals surface area contributed by atoms with E-state index in [1.165, 1.54) is 24.2 Å². The third kappa shape index (κ3) is 10.4. The van der Waals surface area contributed by atoms with Crippen molar-refractivity contribution in [2.24, 2.45) is 11.7 Å². The Morgan fingerprint density at radius 3 is 2.43 bits per heavy atom. The van der Waals surface area contributed by atoms with Crippen molar-refractivity contribution in [3.8, 4) is 0 Å². The lowest BCUT2D eigenvalue weighted by molar-refractivity contribution is -0.118. The number of amides is 2. The fourth-order valence-corrected chi connectivity index (χ4v) is 3.44. The number of nitrogens with two attached hydrogens (primary N) is 1. The predicted molar refractivity (Wildman–Crippen MR) is 109 cm³/mol. The van der Waals surface area contributed by atoms with E-state index in [2.05, 4.69) is 5.32 Å². The van der Waals surface area contributed by atoms with E-state index in [0.29, 0.717) is 12.5 Å². The minimum Gasteiger partial charge on any atom is -0.465 e. The van der Waals surface area contributed by atoms with E-state index in [1.807, 2.05) is 27.7 Å². The molecule has 1 aliphatic rings. The Bertz CT molecular complexity index is 513. The molecular formula is C20H38N4O4. The van der Waals surface area contributed by atoms with Crippen LogP contribution in [0.25, 0.3) is 0 Å². The van der Waals surface area contributed by atoms with Gasteiger partial charge < -0.3 is 25.4 Å². The van der Waals surface area contributed by atoms with E-state index in [4.69, 9.17) is 20.6 Å². The van der Waals surface area contributed by atoms with Crippen molar-refractivity contribution in [3.63, 3.8) is 0 Å². The van der Waals surface area contributed by atoms with Crippen LogP contribution in [0.1, 0.15) is 72.6 Å². The van der Waals surface area contributed by atoms with Crippen LogP contribution in [0.4, 0.5) is 4.79 Å². The SMILES string of the molecule is CCCOC(=N)N(CC(N)=O)C[C@H](CC1CCCCC1)NC(=O)OC(C)(C)C. The topological polar surface area (TPSA) is 118 Å². The molecule has 0 aromatic rings. The largest absolute Gasteiger partial charge is 0.465 e. The van der Waals surface area contributed by atoms with Crippen LogP contribution in [0.2, 0.25) is 0 Å². The second kappa shape index (κ2) is 11.8. The molecular weight excluding hydrogens is 360 g/mol. The van der Waals surface area contributed by atoms with Crippen LogP contribution in [0, 0.1) is 11.3 Å². The van der Waals surface area contributed by atoms with Crippen molar-refractivity contribution in [1.82, 2.24) is 10.2 Å². The first-order valence-corrected chi connectivity index (χ1v) is 10.3. The van der Waals surface area contributed by atoms with Crippen molar-refractivity contribution < 1.29 is 19.1 Å². The zero-order valence-electron chi connectivity index (χ0n) is 17.9. The Morgan fingerprint density at radius 2 is 1.89 bits per heavy atom. The van der Waals surface area contributed by atoms with E-state index in [-0.39, 0.29) is 25.2 Å². The first-order chi connectivity index (χ1) is 13.1. The maximum atomic E-state index is 12.3. The lowest BCUT2D eigenvalue weighted by Gasteiger charge is -2.32. The van der Waals surface area contributed by atoms with Gasteiger partial charge >= 0.3 is 6.09 Å². The molecule has 8 heteroatoms. The molecule has 0 spiro atoms. The van der Waals surface area contributed by atoms with Crippen LogP contribution < -0.4 is 11.1 Å². The molecule has 0 aromatic carbocycles. The number of nitrogens with one attached hydrogen (secondary N) is 2. The highest BCUT2D eigenvalue weighted by atomic mass is 16.6. The molecule has 1 aliphatic carbocycles. The van der Waals surface area contributed by atoms with Gasteiger partial charge in [0.2, 0.25) is 5.91 Å². The number of hydrogen-bond acceptors (Lipinski definition) is 5. The number of nitrogens with zero attached hydrogens (tertiary/aromatic N) is 1. The lowest BCUT2D eigenvalue weighted by Crippen LogP contribution is -2.50. The maximum Gasteiger partial charge on any atom is 0.407 e. The fraction of sp³-hybridized carbons (Fsp3) is 0.850. The van der Waals surface area contributed by atoms with Crippen molar-refractivity contribution in [2.45, 2.75) is 84.3 Å². The Balaban J connectivity index is 2.83. The highest BCUT2D eigenvalue weighted by Gasteiger charge is 2.26. The van der Waals surface area contributed by atoms with Gasteiger partial charge in [-0.1, -0.05) is 39.0 Å². The van der Waals surface area contributed by atoms with Gasteiger partial charge in [-0.3, -0.25) is 10.2 Å². The first kappa shape index (κ1) is 24.0. The van der Waals surface area contributed by atoms with E-state index in [1.54, 1.807) is 0 Å². The Hall–Kier alpha value is -1.99. The molecule has 4 N–H and O–H groups in total. The zero-order chi connectivity index (χ0) is 21.2. The van der Waals surface area contributed by atoms with Crippen LogP contribution in [-0.2, 0) is 14.3 Å². The molecule has 28 heavy (non-hydrogen) atoms. The molecule has 1 rings (SSSR count). The molecule has 0 aromatic heterocycles. The van der Waals surface area contributed by atoms with Gasteiger partial charge in [0.15, 0.2) is 0 Å². The zero-order valence-corrected chi connectivity index (χ0v) is 17.9. The maximum absolute atomic E-state index is 12.3. The van der Waals surface area contributed by atoms with Gasteiger partial charge in [0, 0.05) is 6.54 Å². The number of amidine groups is 1. The summed E-state index contributed by atoms with van der Waals surface area (Å²) in [5.74, 6) is -0.0339. The average Bonchev–Trinajstić information content (AvgIpc) is 2.57. The van der Waals surface area contributed by atoms with Crippen molar-refractivity contribution >= 4 is 18.0 Å². The van der Waals surface area contributed by atoms with Gasteiger partial charge in [-0.05, 0) is 39.5 Å². The molecule has 0 saturated heterocycles. The summed E-state index contributed by atoms with van der Waals surface area (Å²) in [6, 6.07) is -0.358. The van der Waals surface area contributed by atoms with Crippen LogP contribution in [0.15, 0.2) is 0 Å². The summed E-state index contributed by atoms with van der Waals surface area (Å²) in [4.78, 5) is 25.3. The molecule has 2 amide bonds. The van der Waals surface area contributed by atoms with Gasteiger partial charge in [0.1, 0.15) is 12.1 Å². The van der Waals surface area contributed by atoms with Gasteiger partial charge in [-0.25, -0.2) is 4.79 Å². The van der Waals surface area contributed by atoms with Crippen molar-refractivity contribution in [3.05, 3.63) is 0 Å². The quantitative estimate of drug-likeness (QED) is 0.408. The minimum absolute atomic E-state index is 0.0970. The summed E-state index contributed by atoms with van der Waals surface area (Å²) >= 11 is 0. The summed E-state index contributed by atoms with van der Waals surface area (Å²) in [7, 11) is 0. The second-order valence-electron chi connectivity index (χ2n) is 8.58. The van der Waals surface area contributed by atoms with E-state index < -0.39 is 17.6 Å². The number of primary amides is 1. The summed E-state index contributed by atoms with van der Waals surface area (Å²) in [5, 5.41) is 11.1. The van der Waals surface area contributed by atoms with Crippen LogP contribution in [0.3, 0.4) is 0 Å². The number of carbonyl (C=O) groups excluding carboxylic acids is 2. The number of hydrogen-bond donors (Lipinski definition) is 3. The molecule has 0 radical (unpaired) electrons. The predicted octanol–water partition coefficient (Wildman–Crippen LogP) is 3.00. The van der Waals surface area contributed by atoms with E-state index >= 15 is 0 Å². The smallest absolute Gasteiger partial charge is 0.407 e. The third-order valence-corrected chi connectivity index (χ3v) is 4.58. The lowest BCUT2D eigenvalue weighted by atomic mass is 9.84. The molecule has 0 unspecified atom stereocenters. The summed E-state index contributed by atoms with van der Waals surface area (Å²) in [5.41, 5.74) is 4.77. The van der Waals surface area contributed by atoms with Crippen LogP contribution >= 0.6 is 0 Å². The number of rotatable bonds is 9. The van der Waals surface area contributed by atoms with Gasteiger partial charge in [-0.15, -0.1) is 0 Å². The molecule has 1 atom stereocenters. The van der Waals surface area contributed by atoms with Crippen LogP contribution in [-0.4, -0.2) is 54.3 Å². The molecule has 1 saturated carbocycles. The Morgan fingerprint density at radius 1 is 1.25 bits per heavy atom. The average molecular weight is 399 g/mol. The summed E-state index contributed by atoms with van der Waals surface area (Å²) < 4.78 is 10.8. The van der Waals surface area contributed by atoms with Crippen molar-refractivity contribution in [1.29, 1.82) is 5.41 Å². The normalized spacial score (nSPS) is 16.1. The number of alkyl carbamates (subject to hydrolysis) is 1. The third-order valence-electron chi connectivity index (χ3n) is 4.58. The highest BCUT2D eigenvalue weighted by Crippen LogP contribution is 2.27. The number of ether oxygens (including phenoxy) is 2. The molecule has 0 bridgehead atoms. The Labute approximate surface area is 169 Å². The molecule has 0 aliphatic heterocycles. The van der Waals surface area contributed by atoms with Crippen LogP contribution in [0.5, 0.6) is 0 Å². The highest BCUT2D eigenvalue weighted by molar-refractivity contribution is 5.81. The summed E-state index contributed by atoms with van der Waals surface area (Å²) in [6.45, 7) is 7.94. The van der Waals surface area contributed by atoms with Gasteiger partial charge in [-0.2, -0.15) is 0 Å². The monoisotopic (exact) mass is 398 g/mol. The molecule has 162 valence electrons. The first-order valence-electron chi connectivity index (χ1n) is 10.3. The second-order valence-corrected chi connectivity index (χ2v) is 8.58. The van der Waals surface area contributed by atoms with Gasteiger partial charge in [0.25, 0.3) is 6.02 Å². The standard InChI is InChI=1S/C20H38N4O4/c1-5-11-27-18(22)24(14-17(21)25)13-16(12-15-9-7-6-8-10-15)23-19(26)28-20(2,3)4/h15-16,22H,5-14H2,1-4H3,(H2,21,25)(H,23,26)/t16-/m0/s1. The molecule has 8 nitrogen and oxygen atoms in total. The van der Waals surface area contributed by atoms with Crippen molar-refractivity contribution in [2.75, 3.05) is 19.7 Å². The Kier molecular flexibility index (Phi) is 10.1. The number of carbonyl (C=O) groups is 2. The molecule has 1 fully saturated rings. The fourth-order valence-electron chi connectivity index (χ4n) is 3.44. The van der Waals surface area contributed by atoms with Gasteiger partial charge in [0.05, 0.1) is 12.6 Å². The van der Waals surface area contributed by atoms with E-state index in [0.717, 1.165) is 25.7 Å². The van der Waals surface area contributed by atoms with E-state index in [9.17, 15) is 9.59 Å². The molecule has 0 heterocycles. The summed E-state index contributed by atoms with van der Waals surface area (Å²) in [6.07, 6.45) is 6.95.